The van der Waals surface area contributed by atoms with E-state index in [4.69, 9.17) is 4.74 Å². The zero-order valence-electron chi connectivity index (χ0n) is 16.6. The molecule has 0 aliphatic carbocycles. The van der Waals surface area contributed by atoms with Gasteiger partial charge in [-0.3, -0.25) is 4.90 Å². The van der Waals surface area contributed by atoms with Gasteiger partial charge in [0, 0.05) is 26.2 Å². The number of hydrogen-bond donors (Lipinski definition) is 1. The topological polar surface area (TPSA) is 32.7 Å². The molecule has 0 aromatic heterocycles. The van der Waals surface area contributed by atoms with Gasteiger partial charge in [-0.25, -0.2) is 0 Å². The van der Waals surface area contributed by atoms with Gasteiger partial charge in [0.1, 0.15) is 0 Å². The number of piperidine rings is 1. The lowest BCUT2D eigenvalue weighted by atomic mass is 9.95. The Morgan fingerprint density at radius 1 is 0.917 bits per heavy atom. The van der Waals surface area contributed by atoms with E-state index in [9.17, 15) is 5.11 Å². The molecule has 2 unspecified atom stereocenters. The lowest BCUT2D eigenvalue weighted by Crippen LogP contribution is -2.51. The molecule has 0 amide bonds. The second-order valence-corrected chi connectivity index (χ2v) is 7.68. The molecule has 0 saturated carbocycles. The second kappa shape index (κ2) is 14.1. The summed E-state index contributed by atoms with van der Waals surface area (Å²) in [6, 6.07) is 0.667. The van der Waals surface area contributed by atoms with E-state index in [0.717, 1.165) is 19.5 Å². The molecule has 24 heavy (non-hydrogen) atoms. The van der Waals surface area contributed by atoms with Gasteiger partial charge in [-0.1, -0.05) is 78.1 Å². The van der Waals surface area contributed by atoms with Crippen molar-refractivity contribution in [2.45, 2.75) is 116 Å². The average molecular weight is 342 g/mol. The Hall–Kier alpha value is -0.120. The molecule has 0 aromatic carbocycles. The fraction of sp³-hybridized carbons (Fsp3) is 1.00. The van der Waals surface area contributed by atoms with Crippen LogP contribution < -0.4 is 0 Å². The van der Waals surface area contributed by atoms with E-state index in [2.05, 4.69) is 18.7 Å². The molecule has 144 valence electrons. The minimum Gasteiger partial charge on any atom is -0.389 e. The molecule has 2 atom stereocenters. The number of aliphatic hydroxyl groups is 1. The molecule has 1 fully saturated rings. The first-order valence-electron chi connectivity index (χ1n) is 10.7. The molecule has 0 radical (unpaired) electrons. The molecular weight excluding hydrogens is 298 g/mol. The van der Waals surface area contributed by atoms with E-state index in [1.54, 1.807) is 7.11 Å². The normalized spacial score (nSPS) is 22.4. The summed E-state index contributed by atoms with van der Waals surface area (Å²) in [5.74, 6) is 0. The van der Waals surface area contributed by atoms with Crippen LogP contribution in [0.5, 0.6) is 0 Å². The Morgan fingerprint density at radius 3 is 1.92 bits per heavy atom. The van der Waals surface area contributed by atoms with Crippen molar-refractivity contribution in [1.82, 2.24) is 4.90 Å². The van der Waals surface area contributed by atoms with E-state index in [1.807, 2.05) is 0 Å². The van der Waals surface area contributed by atoms with Crippen LogP contribution in [0.2, 0.25) is 0 Å². The summed E-state index contributed by atoms with van der Waals surface area (Å²) in [7, 11) is 1.72. The maximum atomic E-state index is 10.3. The third-order valence-electron chi connectivity index (χ3n) is 5.65. The van der Waals surface area contributed by atoms with Crippen molar-refractivity contribution in [3.05, 3.63) is 0 Å². The Bertz CT molecular complexity index is 271. The van der Waals surface area contributed by atoms with E-state index >= 15 is 0 Å². The first kappa shape index (κ1) is 21.9. The van der Waals surface area contributed by atoms with Crippen molar-refractivity contribution >= 4 is 0 Å². The largest absolute Gasteiger partial charge is 0.389 e. The molecule has 1 aliphatic rings. The third-order valence-corrected chi connectivity index (χ3v) is 5.65. The van der Waals surface area contributed by atoms with Crippen molar-refractivity contribution in [3.8, 4) is 0 Å². The molecule has 3 heteroatoms. The molecule has 1 N–H and O–H groups in total. The highest BCUT2D eigenvalue weighted by Gasteiger charge is 2.30. The number of rotatable bonds is 14. The zero-order valence-corrected chi connectivity index (χ0v) is 16.6. The predicted octanol–water partition coefficient (Wildman–Crippen LogP) is 5.16. The third kappa shape index (κ3) is 8.82. The van der Waals surface area contributed by atoms with Gasteiger partial charge in [0.2, 0.25) is 0 Å². The highest BCUT2D eigenvalue weighted by atomic mass is 16.5. The van der Waals surface area contributed by atoms with E-state index < -0.39 is 0 Å². The fourth-order valence-corrected chi connectivity index (χ4v) is 4.02. The van der Waals surface area contributed by atoms with Gasteiger partial charge in [0.15, 0.2) is 0 Å². The van der Waals surface area contributed by atoms with Crippen LogP contribution in [0.3, 0.4) is 0 Å². The fourth-order valence-electron chi connectivity index (χ4n) is 4.02. The van der Waals surface area contributed by atoms with Crippen LogP contribution in [0, 0.1) is 0 Å². The van der Waals surface area contributed by atoms with Crippen molar-refractivity contribution < 1.29 is 9.84 Å². The Morgan fingerprint density at radius 2 is 1.46 bits per heavy atom. The molecule has 0 spiro atoms. The summed E-state index contributed by atoms with van der Waals surface area (Å²) in [4.78, 5) is 2.56. The van der Waals surface area contributed by atoms with Crippen molar-refractivity contribution in [3.63, 3.8) is 0 Å². The van der Waals surface area contributed by atoms with Crippen LogP contribution in [0.4, 0.5) is 0 Å². The summed E-state index contributed by atoms with van der Waals surface area (Å²) in [5, 5.41) is 10.3. The minimum absolute atomic E-state index is 0.0380. The highest BCUT2D eigenvalue weighted by molar-refractivity contribution is 4.84. The number of ether oxygens (including phenoxy) is 1. The summed E-state index contributed by atoms with van der Waals surface area (Å²) in [6.45, 7) is 6.44. The average Bonchev–Trinajstić information content (AvgIpc) is 2.59. The predicted molar refractivity (Wildman–Crippen MR) is 104 cm³/mol. The summed E-state index contributed by atoms with van der Waals surface area (Å²) >= 11 is 0. The molecule has 0 aromatic rings. The number of unbranched alkanes of at least 4 members (excludes halogenated alkanes) is 8. The summed E-state index contributed by atoms with van der Waals surface area (Å²) in [5.41, 5.74) is 0. The lowest BCUT2D eigenvalue weighted by Gasteiger charge is -2.40. The Balaban J connectivity index is 2.38. The minimum atomic E-state index is -0.313. The number of nitrogens with zero attached hydrogens (tertiary/aromatic N) is 1. The number of hydrogen-bond acceptors (Lipinski definition) is 3. The van der Waals surface area contributed by atoms with Gasteiger partial charge in [-0.2, -0.15) is 0 Å². The maximum absolute atomic E-state index is 10.3. The summed E-state index contributed by atoms with van der Waals surface area (Å²) in [6.07, 6.45) is 16.9. The summed E-state index contributed by atoms with van der Waals surface area (Å²) < 4.78 is 5.41. The SMILES string of the molecule is CCCCCCCC(CCCCCCC)N1CCC(OC)C(O)C1. The maximum Gasteiger partial charge on any atom is 0.0928 e. The number of methoxy groups -OCH3 is 1. The second-order valence-electron chi connectivity index (χ2n) is 7.68. The number of likely N-dealkylation sites (tertiary alicyclic amines) is 1. The molecule has 1 aliphatic heterocycles. The van der Waals surface area contributed by atoms with Crippen LogP contribution in [0.25, 0.3) is 0 Å². The van der Waals surface area contributed by atoms with Gasteiger partial charge >= 0.3 is 0 Å². The lowest BCUT2D eigenvalue weighted by molar-refractivity contribution is -0.0704. The Kier molecular flexibility index (Phi) is 12.9. The van der Waals surface area contributed by atoms with Crippen LogP contribution in [-0.2, 0) is 4.74 Å². The smallest absolute Gasteiger partial charge is 0.0928 e. The van der Waals surface area contributed by atoms with Gasteiger partial charge < -0.3 is 9.84 Å². The first-order chi connectivity index (χ1) is 11.7. The van der Waals surface area contributed by atoms with Crippen LogP contribution in [-0.4, -0.2) is 48.5 Å². The Labute approximate surface area is 151 Å². The van der Waals surface area contributed by atoms with Gasteiger partial charge in [-0.05, 0) is 19.3 Å². The van der Waals surface area contributed by atoms with E-state index in [-0.39, 0.29) is 12.2 Å². The van der Waals surface area contributed by atoms with Crippen LogP contribution >= 0.6 is 0 Å². The number of β-amino-alcohol motifs (C(OH)–C–C–N with tert-alkyl or cyclic N) is 1. The van der Waals surface area contributed by atoms with Gasteiger partial charge in [0.05, 0.1) is 12.2 Å². The van der Waals surface area contributed by atoms with Crippen LogP contribution in [0.1, 0.15) is 97.3 Å². The molecule has 0 bridgehead atoms. The van der Waals surface area contributed by atoms with Gasteiger partial charge in [-0.15, -0.1) is 0 Å². The highest BCUT2D eigenvalue weighted by Crippen LogP contribution is 2.23. The van der Waals surface area contributed by atoms with Crippen molar-refractivity contribution in [1.29, 1.82) is 0 Å². The standard InChI is InChI=1S/C21H43NO2/c1-4-6-8-10-12-14-19(15-13-11-9-7-5-2)22-17-16-21(24-3)20(23)18-22/h19-21,23H,4-18H2,1-3H3. The van der Waals surface area contributed by atoms with Crippen LogP contribution in [0.15, 0.2) is 0 Å². The van der Waals surface area contributed by atoms with E-state index in [1.165, 1.54) is 77.0 Å². The molecule has 1 saturated heterocycles. The van der Waals surface area contributed by atoms with E-state index in [0.29, 0.717) is 6.04 Å². The molecule has 1 heterocycles. The molecule has 3 nitrogen and oxygen atoms in total. The molecular formula is C21H43NO2. The van der Waals surface area contributed by atoms with Crippen molar-refractivity contribution in [2.24, 2.45) is 0 Å². The number of aliphatic hydroxyl groups excluding tert-OH is 1. The monoisotopic (exact) mass is 341 g/mol. The quantitative estimate of drug-likeness (QED) is 0.443. The van der Waals surface area contributed by atoms with Gasteiger partial charge in [0.25, 0.3) is 0 Å². The van der Waals surface area contributed by atoms with Crippen molar-refractivity contribution in [2.75, 3.05) is 20.2 Å². The zero-order chi connectivity index (χ0) is 17.6. The molecule has 1 rings (SSSR count). The first-order valence-corrected chi connectivity index (χ1v) is 10.7.